The number of anilines is 1. The van der Waals surface area contributed by atoms with E-state index in [9.17, 15) is 18.0 Å². The first-order valence-electron chi connectivity index (χ1n) is 9.43. The molecule has 0 saturated carbocycles. The lowest BCUT2D eigenvalue weighted by atomic mass is 10.2. The second kappa shape index (κ2) is 9.42. The minimum Gasteiger partial charge on any atom is -0.325 e. The number of halogens is 1. The zero-order valence-electron chi connectivity index (χ0n) is 16.9. The largest absolute Gasteiger partial charge is 0.325 e. The summed E-state index contributed by atoms with van der Waals surface area (Å²) in [5.41, 5.74) is 1.36. The number of aromatic nitrogens is 2. The molecule has 2 aromatic carbocycles. The van der Waals surface area contributed by atoms with Crippen LogP contribution in [0.3, 0.4) is 0 Å². The number of nitrogens with zero attached hydrogens (tertiary/aromatic N) is 2. The Balaban J connectivity index is 1.76. The van der Waals surface area contributed by atoms with Crippen molar-refractivity contribution < 1.29 is 13.2 Å². The van der Waals surface area contributed by atoms with E-state index in [-0.39, 0.29) is 23.5 Å². The first-order valence-corrected chi connectivity index (χ1v) is 11.2. The zero-order chi connectivity index (χ0) is 22.6. The molecule has 0 aliphatic rings. The third-order valence-electron chi connectivity index (χ3n) is 4.41. The van der Waals surface area contributed by atoms with Crippen LogP contribution in [-0.2, 0) is 14.8 Å². The predicted molar refractivity (Wildman–Crippen MR) is 120 cm³/mol. The molecule has 0 saturated heterocycles. The Morgan fingerprint density at radius 3 is 2.52 bits per heavy atom. The molecule has 162 valence electrons. The van der Waals surface area contributed by atoms with Gasteiger partial charge in [-0.3, -0.25) is 9.59 Å². The lowest BCUT2D eigenvalue weighted by Gasteiger charge is -2.20. The van der Waals surface area contributed by atoms with E-state index < -0.39 is 15.9 Å². The minimum absolute atomic E-state index is 0.0584. The van der Waals surface area contributed by atoms with Crippen molar-refractivity contribution >= 4 is 33.2 Å². The number of H-pyrrole nitrogens is 1. The normalized spacial score (nSPS) is 11.5. The highest BCUT2D eigenvalue weighted by atomic mass is 35.5. The van der Waals surface area contributed by atoms with Gasteiger partial charge in [-0.1, -0.05) is 30.7 Å². The third kappa shape index (κ3) is 5.57. The molecule has 0 atom stereocenters. The summed E-state index contributed by atoms with van der Waals surface area (Å²) >= 11 is 5.83. The van der Waals surface area contributed by atoms with Crippen LogP contribution in [0.1, 0.15) is 12.6 Å². The number of amides is 1. The smallest absolute Gasteiger partial charge is 0.251 e. The standard InChI is InChI=1S/C21H21ClN4O4S/c1-3-26(31(29,30)18-9-7-16(22)8-10-18)13-20(28)24-17-6-4-5-15(12-17)21-23-14(2)11-19(27)25-21/h4-12H,3,13H2,1-2H3,(H,24,28)(H,23,25,27). The van der Waals surface area contributed by atoms with Gasteiger partial charge >= 0.3 is 0 Å². The highest BCUT2D eigenvalue weighted by Gasteiger charge is 2.25. The number of hydrogen-bond acceptors (Lipinski definition) is 5. The first-order chi connectivity index (χ1) is 14.7. The molecule has 8 nitrogen and oxygen atoms in total. The molecule has 0 aliphatic carbocycles. The van der Waals surface area contributed by atoms with Gasteiger partial charge in [0.15, 0.2) is 0 Å². The molecule has 0 fully saturated rings. The molecule has 31 heavy (non-hydrogen) atoms. The number of rotatable bonds is 7. The molecule has 10 heteroatoms. The third-order valence-corrected chi connectivity index (χ3v) is 6.60. The Morgan fingerprint density at radius 1 is 1.16 bits per heavy atom. The van der Waals surface area contributed by atoms with Crippen molar-refractivity contribution in [1.82, 2.24) is 14.3 Å². The summed E-state index contributed by atoms with van der Waals surface area (Å²) in [5.74, 6) is -0.121. The maximum Gasteiger partial charge on any atom is 0.251 e. The Bertz CT molecular complexity index is 1260. The van der Waals surface area contributed by atoms with Crippen LogP contribution in [-0.4, -0.2) is 41.7 Å². The second-order valence-corrected chi connectivity index (χ2v) is 9.12. The Labute approximate surface area is 185 Å². The first kappa shape index (κ1) is 22.7. The van der Waals surface area contributed by atoms with E-state index in [1.165, 1.54) is 30.3 Å². The molecule has 1 heterocycles. The van der Waals surface area contributed by atoms with E-state index in [1.807, 2.05) is 0 Å². The average Bonchev–Trinajstić information content (AvgIpc) is 2.71. The molecule has 0 radical (unpaired) electrons. The summed E-state index contributed by atoms with van der Waals surface area (Å²) in [4.78, 5) is 31.3. The molecule has 0 spiro atoms. The van der Waals surface area contributed by atoms with Crippen molar-refractivity contribution in [3.05, 3.63) is 75.7 Å². The lowest BCUT2D eigenvalue weighted by Crippen LogP contribution is -2.37. The Morgan fingerprint density at radius 2 is 1.87 bits per heavy atom. The van der Waals surface area contributed by atoms with Crippen LogP contribution in [0.5, 0.6) is 0 Å². The van der Waals surface area contributed by atoms with Crippen LogP contribution in [0.15, 0.2) is 64.3 Å². The number of aromatic amines is 1. The molecule has 1 amide bonds. The van der Waals surface area contributed by atoms with Gasteiger partial charge in [-0.05, 0) is 43.3 Å². The molecule has 2 N–H and O–H groups in total. The highest BCUT2D eigenvalue weighted by Crippen LogP contribution is 2.20. The number of hydrogen-bond donors (Lipinski definition) is 2. The van der Waals surface area contributed by atoms with Gasteiger partial charge in [0.1, 0.15) is 5.82 Å². The van der Waals surface area contributed by atoms with E-state index >= 15 is 0 Å². The highest BCUT2D eigenvalue weighted by molar-refractivity contribution is 7.89. The van der Waals surface area contributed by atoms with Gasteiger partial charge in [0.25, 0.3) is 5.56 Å². The number of carbonyl (C=O) groups is 1. The van der Waals surface area contributed by atoms with Gasteiger partial charge in [-0.2, -0.15) is 4.31 Å². The van der Waals surface area contributed by atoms with Crippen LogP contribution in [0.25, 0.3) is 11.4 Å². The van der Waals surface area contributed by atoms with Crippen LogP contribution in [0.4, 0.5) is 5.69 Å². The number of nitrogens with one attached hydrogen (secondary N) is 2. The maximum absolute atomic E-state index is 12.8. The van der Waals surface area contributed by atoms with Crippen molar-refractivity contribution in [2.24, 2.45) is 0 Å². The molecule has 1 aromatic heterocycles. The van der Waals surface area contributed by atoms with E-state index in [2.05, 4.69) is 15.3 Å². The fourth-order valence-electron chi connectivity index (χ4n) is 2.94. The van der Waals surface area contributed by atoms with Gasteiger partial charge < -0.3 is 10.3 Å². The molecular weight excluding hydrogens is 440 g/mol. The van der Waals surface area contributed by atoms with Crippen molar-refractivity contribution in [1.29, 1.82) is 0 Å². The summed E-state index contributed by atoms with van der Waals surface area (Å²) in [7, 11) is -3.85. The number of benzene rings is 2. The average molecular weight is 461 g/mol. The fraction of sp³-hybridized carbons (Fsp3) is 0.190. The van der Waals surface area contributed by atoms with Crippen molar-refractivity contribution in [2.75, 3.05) is 18.4 Å². The molecule has 0 unspecified atom stereocenters. The van der Waals surface area contributed by atoms with E-state index in [0.717, 1.165) is 4.31 Å². The second-order valence-electron chi connectivity index (χ2n) is 6.75. The van der Waals surface area contributed by atoms with Gasteiger partial charge in [-0.25, -0.2) is 13.4 Å². The topological polar surface area (TPSA) is 112 Å². The van der Waals surface area contributed by atoms with Gasteiger partial charge in [0.2, 0.25) is 15.9 Å². The van der Waals surface area contributed by atoms with Gasteiger partial charge in [0.05, 0.1) is 11.4 Å². The minimum atomic E-state index is -3.85. The molecule has 3 rings (SSSR count). The summed E-state index contributed by atoms with van der Waals surface area (Å²) in [6.45, 7) is 3.13. The van der Waals surface area contributed by atoms with Gasteiger partial charge in [0, 0.05) is 34.6 Å². The summed E-state index contributed by atoms with van der Waals surface area (Å²) in [6.07, 6.45) is 0. The Hall–Kier alpha value is -3.01. The monoisotopic (exact) mass is 460 g/mol. The molecular formula is C21H21ClN4O4S. The Kier molecular flexibility index (Phi) is 6.89. The number of likely N-dealkylation sites (N-methyl/N-ethyl adjacent to an activating group) is 1. The zero-order valence-corrected chi connectivity index (χ0v) is 18.5. The van der Waals surface area contributed by atoms with Crippen molar-refractivity contribution in [3.63, 3.8) is 0 Å². The fourth-order valence-corrected chi connectivity index (χ4v) is 4.47. The van der Waals surface area contributed by atoms with E-state index in [1.54, 1.807) is 38.1 Å². The van der Waals surface area contributed by atoms with Crippen LogP contribution >= 0.6 is 11.6 Å². The van der Waals surface area contributed by atoms with Crippen LogP contribution in [0, 0.1) is 6.92 Å². The van der Waals surface area contributed by atoms with E-state index in [0.29, 0.717) is 27.8 Å². The van der Waals surface area contributed by atoms with Crippen molar-refractivity contribution in [3.8, 4) is 11.4 Å². The van der Waals surface area contributed by atoms with Crippen molar-refractivity contribution in [2.45, 2.75) is 18.7 Å². The summed E-state index contributed by atoms with van der Waals surface area (Å²) < 4.78 is 26.7. The lowest BCUT2D eigenvalue weighted by molar-refractivity contribution is -0.116. The quantitative estimate of drug-likeness (QED) is 0.562. The van der Waals surface area contributed by atoms with Crippen LogP contribution in [0.2, 0.25) is 5.02 Å². The maximum atomic E-state index is 12.8. The summed E-state index contributed by atoms with van der Waals surface area (Å²) in [5, 5.41) is 3.11. The summed E-state index contributed by atoms with van der Waals surface area (Å²) in [6, 6.07) is 13.9. The molecule has 0 aliphatic heterocycles. The van der Waals surface area contributed by atoms with E-state index in [4.69, 9.17) is 11.6 Å². The number of aryl methyl sites for hydroxylation is 1. The predicted octanol–water partition coefficient (Wildman–Crippen LogP) is 3.05. The molecule has 3 aromatic rings. The molecule has 0 bridgehead atoms. The number of carbonyl (C=O) groups excluding carboxylic acids is 1. The van der Waals surface area contributed by atoms with Gasteiger partial charge in [-0.15, -0.1) is 0 Å². The number of sulfonamides is 1. The SMILES string of the molecule is CCN(CC(=O)Nc1cccc(-c2nc(C)cc(=O)[nH]2)c1)S(=O)(=O)c1ccc(Cl)cc1. The van der Waals surface area contributed by atoms with Crippen LogP contribution < -0.4 is 10.9 Å².